The van der Waals surface area contributed by atoms with Crippen molar-refractivity contribution >= 4 is 48.3 Å². The van der Waals surface area contributed by atoms with Gasteiger partial charge in [0.1, 0.15) is 23.0 Å². The average Bonchev–Trinajstić information content (AvgIpc) is 0.995. The number of fused-ring (bicyclic) bond motifs is 3. The summed E-state index contributed by atoms with van der Waals surface area (Å²) in [5.74, 6) is -1.04. The predicted octanol–water partition coefficient (Wildman–Crippen LogP) is 23.4. The fourth-order valence-electron chi connectivity index (χ4n) is 14.7. The van der Waals surface area contributed by atoms with Crippen LogP contribution in [-0.4, -0.2) is 98.7 Å². The van der Waals surface area contributed by atoms with Crippen LogP contribution in [0.1, 0.15) is 183 Å². The third-order valence-electron chi connectivity index (χ3n) is 20.9. The SMILES string of the molecule is CC(C)(C)OC(C(=O)O)c1c(C(F)(F)F)ccc(-c2ccc(OC=O)cc2)c1-c1ccc2c(c1)CCCO2.COC(=O)C(OC(C)(C)C)c1c(C(F)(F)F)ccc(C)c1-c1ccc2c(c1)CCCO2.[C-]#[N+]c1ccc(-c2ccc(C(F)(F)F)c(C(OC(C)(C)C)C(=O)OC)c2-c2ccc3c(c2)CCCO3)cc1.[C-]#[N+]c1ccc(B2OC(C)(C)C(C)(C)O2)cc1. The number of benzene rings is 9. The quantitative estimate of drug-likeness (QED) is 0.0296. The van der Waals surface area contributed by atoms with Gasteiger partial charge in [0.15, 0.2) is 29.7 Å². The molecular weight excluding hydrogens is 1620 g/mol. The Morgan fingerprint density at radius 2 is 0.774 bits per heavy atom. The zero-order valence-electron chi connectivity index (χ0n) is 71.7. The summed E-state index contributed by atoms with van der Waals surface area (Å²) >= 11 is 0. The molecule has 124 heavy (non-hydrogen) atoms. The lowest BCUT2D eigenvalue weighted by Gasteiger charge is -2.32. The molecule has 0 saturated carbocycles. The second kappa shape index (κ2) is 38.3. The van der Waals surface area contributed by atoms with Crippen LogP contribution in [0.3, 0.4) is 0 Å². The Morgan fingerprint density at radius 3 is 1.11 bits per heavy atom. The standard InChI is InChI=1S/C30H28F3NO4.C29H27F3O6.C24H27F3O4.C13H16BNO2/c1-29(2,3)38-27(28(35)36-5)26-23(30(31,32)33)14-13-22(18-8-11-21(34-4)12-9-18)25(26)20-10-15-24-19(17-20)7-6-16-37-24;1-28(2,3)38-26(27(34)35)25-22(29(30,31)32)12-11-21(17-6-9-20(10-7-17)37-16-33)24(25)19-8-13-23-18(15-19)5-4-14-36-23;1-14-8-10-17(24(25,26)27)20(21(22(28)29-5)31-23(2,3)4)19(14)16-9-11-18-15(13-16)7-6-12-30-18;1-12(2)13(3,4)17-14(16-12)10-6-8-11(15-5)9-7-10/h8-15,17,27H,6-7,16H2,1-3,5H3;6-13,15-16,26H,4-5,14H2,1-3H3,(H,34,35);8-11,13,21H,6-7,12H2,1-5H3;6-9H,1-4H3. The molecule has 0 aromatic heterocycles. The largest absolute Gasteiger partial charge is 0.494 e. The second-order valence-electron chi connectivity index (χ2n) is 33.8. The molecular formula is C96H98BF9N2O16. The molecule has 4 aliphatic heterocycles. The number of ether oxygens (including phenoxy) is 9. The number of esters is 2. The first kappa shape index (κ1) is 94.7. The van der Waals surface area contributed by atoms with E-state index in [4.69, 9.17) is 65.1 Å². The summed E-state index contributed by atoms with van der Waals surface area (Å²) in [6.45, 7) is 40.8. The van der Waals surface area contributed by atoms with Crippen molar-refractivity contribution in [3.63, 3.8) is 0 Å². The Kier molecular flexibility index (Phi) is 29.3. The molecule has 9 aromatic rings. The molecule has 13 rings (SSSR count). The minimum atomic E-state index is -4.85. The first-order valence-corrected chi connectivity index (χ1v) is 40.0. The number of methoxy groups -OCH3 is 2. The number of carbonyl (C=O) groups is 4. The number of rotatable bonds is 17. The molecule has 0 radical (unpaired) electrons. The van der Waals surface area contributed by atoms with E-state index in [-0.39, 0.29) is 52.8 Å². The fraction of sp³-hybridized carbons (Fsp3) is 0.375. The smallest absolute Gasteiger partial charge is 0.493 e. The Hall–Kier alpha value is -11.5. The van der Waals surface area contributed by atoms with Crippen molar-refractivity contribution in [3.8, 4) is 78.6 Å². The Bertz CT molecular complexity index is 5440. The van der Waals surface area contributed by atoms with Crippen molar-refractivity contribution in [1.82, 2.24) is 0 Å². The zero-order valence-corrected chi connectivity index (χ0v) is 71.7. The molecule has 4 aliphatic rings. The summed E-state index contributed by atoms with van der Waals surface area (Å²) in [6.07, 6.45) is -14.9. The maximum atomic E-state index is 14.5. The molecule has 0 spiro atoms. The van der Waals surface area contributed by atoms with E-state index in [0.29, 0.717) is 106 Å². The van der Waals surface area contributed by atoms with E-state index in [2.05, 4.69) is 9.69 Å². The number of carboxylic acids is 1. The summed E-state index contributed by atoms with van der Waals surface area (Å²) in [6, 6.07) is 42.8. The summed E-state index contributed by atoms with van der Waals surface area (Å²) in [4.78, 5) is 55.7. The van der Waals surface area contributed by atoms with Crippen LogP contribution < -0.4 is 24.4 Å². The van der Waals surface area contributed by atoms with Crippen molar-refractivity contribution < 1.29 is 116 Å². The lowest BCUT2D eigenvalue weighted by atomic mass is 9.79. The maximum Gasteiger partial charge on any atom is 0.494 e. The normalized spacial score (nSPS) is 15.4. The van der Waals surface area contributed by atoms with Crippen LogP contribution in [0, 0.1) is 20.1 Å². The van der Waals surface area contributed by atoms with Crippen molar-refractivity contribution in [2.24, 2.45) is 0 Å². The van der Waals surface area contributed by atoms with Gasteiger partial charge in [-0.05, 0) is 286 Å². The number of halogens is 9. The molecule has 4 heterocycles. The zero-order chi connectivity index (χ0) is 91.0. The van der Waals surface area contributed by atoms with Gasteiger partial charge in [-0.1, -0.05) is 97.1 Å². The number of aryl methyl sites for hydroxylation is 4. The highest BCUT2D eigenvalue weighted by molar-refractivity contribution is 6.62. The van der Waals surface area contributed by atoms with Gasteiger partial charge in [0.2, 0.25) is 0 Å². The van der Waals surface area contributed by atoms with Crippen LogP contribution in [0.2, 0.25) is 0 Å². The number of aliphatic carboxylic acids is 1. The molecule has 28 heteroatoms. The number of carboxylic acid groups (broad SMARTS) is 1. The molecule has 1 saturated heterocycles. The molecule has 3 atom stereocenters. The lowest BCUT2D eigenvalue weighted by molar-refractivity contribution is -0.167. The maximum absolute atomic E-state index is 14.5. The van der Waals surface area contributed by atoms with Gasteiger partial charge < -0.3 is 57.0 Å². The van der Waals surface area contributed by atoms with Crippen LogP contribution in [0.5, 0.6) is 23.0 Å². The van der Waals surface area contributed by atoms with Crippen LogP contribution in [-0.2, 0) is 90.0 Å². The lowest BCUT2D eigenvalue weighted by Crippen LogP contribution is -2.41. The summed E-state index contributed by atoms with van der Waals surface area (Å²) in [7, 11) is 1.91. The van der Waals surface area contributed by atoms with Crippen molar-refractivity contribution in [2.45, 2.75) is 200 Å². The summed E-state index contributed by atoms with van der Waals surface area (Å²) in [5, 5.41) is 10.1. The minimum Gasteiger partial charge on any atom is -0.493 e. The minimum absolute atomic E-state index is 0.0916. The number of alkyl halides is 9. The monoisotopic (exact) mass is 1720 g/mol. The van der Waals surface area contributed by atoms with Gasteiger partial charge in [0.25, 0.3) is 6.47 Å². The van der Waals surface area contributed by atoms with E-state index in [9.17, 15) is 63.8 Å². The number of nitrogens with zero attached hydrogens (tertiary/aromatic N) is 2. The van der Waals surface area contributed by atoms with Gasteiger partial charge in [-0.3, -0.25) is 4.79 Å². The molecule has 1 fully saturated rings. The Morgan fingerprint density at radius 1 is 0.452 bits per heavy atom. The van der Waals surface area contributed by atoms with Gasteiger partial charge in [0, 0.05) is 16.7 Å². The van der Waals surface area contributed by atoms with E-state index in [0.717, 1.165) is 86.0 Å². The van der Waals surface area contributed by atoms with Gasteiger partial charge in [-0.15, -0.1) is 0 Å². The molecule has 0 bridgehead atoms. The average molecular weight is 1720 g/mol. The van der Waals surface area contributed by atoms with Crippen LogP contribution >= 0.6 is 0 Å². The first-order valence-electron chi connectivity index (χ1n) is 40.0. The topological polar surface area (TPSA) is 199 Å². The van der Waals surface area contributed by atoms with Crippen LogP contribution in [0.15, 0.2) is 164 Å². The molecule has 18 nitrogen and oxygen atoms in total. The van der Waals surface area contributed by atoms with E-state index in [1.54, 1.807) is 160 Å². The van der Waals surface area contributed by atoms with Gasteiger partial charge in [-0.25, -0.2) is 24.1 Å². The summed E-state index contributed by atoms with van der Waals surface area (Å²) < 4.78 is 190. The highest BCUT2D eigenvalue weighted by atomic mass is 19.4. The van der Waals surface area contributed by atoms with Gasteiger partial charge >= 0.3 is 43.6 Å². The number of hydrogen-bond acceptors (Lipinski definition) is 15. The molecule has 1 N–H and O–H groups in total. The molecule has 3 unspecified atom stereocenters. The summed E-state index contributed by atoms with van der Waals surface area (Å²) in [5.41, 5.74) is 1.66. The van der Waals surface area contributed by atoms with E-state index >= 15 is 0 Å². The predicted molar refractivity (Wildman–Crippen MR) is 451 cm³/mol. The van der Waals surface area contributed by atoms with Gasteiger partial charge in [-0.2, -0.15) is 39.5 Å². The fourth-order valence-corrected chi connectivity index (χ4v) is 14.7. The van der Waals surface area contributed by atoms with Gasteiger partial charge in [0.05, 0.1) is 91.9 Å². The Labute approximate surface area is 715 Å². The van der Waals surface area contributed by atoms with Crippen molar-refractivity contribution in [1.29, 1.82) is 0 Å². The highest BCUT2D eigenvalue weighted by Crippen LogP contribution is 2.52. The number of carbonyl (C=O) groups excluding carboxylic acids is 3. The van der Waals surface area contributed by atoms with E-state index in [1.165, 1.54) is 30.3 Å². The number of hydrogen-bond donors (Lipinski definition) is 1. The third kappa shape index (κ3) is 22.9. The highest BCUT2D eigenvalue weighted by Gasteiger charge is 2.52. The Balaban J connectivity index is 0.000000179. The van der Waals surface area contributed by atoms with E-state index < -0.39 is 93.8 Å². The van der Waals surface area contributed by atoms with Crippen LogP contribution in [0.25, 0.3) is 65.3 Å². The molecule has 0 aliphatic carbocycles. The van der Waals surface area contributed by atoms with E-state index in [1.807, 2.05) is 52.0 Å². The van der Waals surface area contributed by atoms with Crippen LogP contribution in [0.4, 0.5) is 50.9 Å². The molecule has 9 aromatic carbocycles. The first-order chi connectivity index (χ1) is 58.1. The third-order valence-corrected chi connectivity index (χ3v) is 20.9. The van der Waals surface area contributed by atoms with Crippen molar-refractivity contribution in [2.75, 3.05) is 34.0 Å². The molecule has 654 valence electrons. The van der Waals surface area contributed by atoms with Crippen molar-refractivity contribution in [3.05, 3.63) is 242 Å². The molecule has 0 amide bonds. The second-order valence-corrected chi connectivity index (χ2v) is 33.8.